The van der Waals surface area contributed by atoms with Gasteiger partial charge in [-0.3, -0.25) is 4.79 Å². The number of hydrogen-bond acceptors (Lipinski definition) is 4. The van der Waals surface area contributed by atoms with Crippen LogP contribution in [0.15, 0.2) is 59.5 Å². The van der Waals surface area contributed by atoms with Gasteiger partial charge < -0.3 is 11.1 Å². The topological polar surface area (TPSA) is 92.5 Å². The maximum absolute atomic E-state index is 13.0. The molecular formula is C20H26ClN3O3S. The third-order valence-corrected chi connectivity index (χ3v) is 6.68. The third-order valence-electron chi connectivity index (χ3n) is 4.80. The fourth-order valence-electron chi connectivity index (χ4n) is 3.31. The van der Waals surface area contributed by atoms with E-state index in [0.717, 1.165) is 11.1 Å². The van der Waals surface area contributed by atoms with Crippen LogP contribution >= 0.6 is 12.4 Å². The van der Waals surface area contributed by atoms with E-state index in [1.807, 2.05) is 42.5 Å². The lowest BCUT2D eigenvalue weighted by atomic mass is 9.99. The van der Waals surface area contributed by atoms with Crippen molar-refractivity contribution in [1.29, 1.82) is 0 Å². The van der Waals surface area contributed by atoms with Crippen molar-refractivity contribution >= 4 is 28.3 Å². The number of piperidine rings is 1. The number of sulfonamides is 1. The molecule has 3 N–H and O–H groups in total. The Bertz CT molecular complexity index is 873. The smallest absolute Gasteiger partial charge is 0.243 e. The van der Waals surface area contributed by atoms with Gasteiger partial charge in [-0.1, -0.05) is 42.5 Å². The van der Waals surface area contributed by atoms with Gasteiger partial charge in [0, 0.05) is 26.2 Å². The summed E-state index contributed by atoms with van der Waals surface area (Å²) >= 11 is 0. The van der Waals surface area contributed by atoms with Crippen LogP contribution in [0.25, 0.3) is 11.1 Å². The Morgan fingerprint density at radius 1 is 1.07 bits per heavy atom. The number of carbonyl (C=O) groups excluding carboxylic acids is 1. The van der Waals surface area contributed by atoms with Gasteiger partial charge in [0.05, 0.1) is 10.8 Å². The quantitative estimate of drug-likeness (QED) is 0.745. The van der Waals surface area contributed by atoms with Gasteiger partial charge in [0.25, 0.3) is 0 Å². The van der Waals surface area contributed by atoms with E-state index in [0.29, 0.717) is 32.5 Å². The zero-order valence-electron chi connectivity index (χ0n) is 15.6. The first-order chi connectivity index (χ1) is 13.0. The van der Waals surface area contributed by atoms with Gasteiger partial charge in [-0.2, -0.15) is 4.31 Å². The fraction of sp³-hybridized carbons (Fsp3) is 0.350. The summed E-state index contributed by atoms with van der Waals surface area (Å²) in [7, 11) is -3.62. The van der Waals surface area contributed by atoms with Gasteiger partial charge in [0.15, 0.2) is 0 Å². The Morgan fingerprint density at radius 2 is 1.71 bits per heavy atom. The highest BCUT2D eigenvalue weighted by atomic mass is 35.5. The number of benzene rings is 2. The van der Waals surface area contributed by atoms with E-state index >= 15 is 0 Å². The number of amides is 1. The Labute approximate surface area is 172 Å². The van der Waals surface area contributed by atoms with Gasteiger partial charge in [0.1, 0.15) is 0 Å². The summed E-state index contributed by atoms with van der Waals surface area (Å²) in [6, 6.07) is 16.7. The number of rotatable bonds is 6. The lowest BCUT2D eigenvalue weighted by molar-refractivity contribution is -0.126. The summed E-state index contributed by atoms with van der Waals surface area (Å²) < 4.78 is 27.4. The molecule has 1 saturated heterocycles. The summed E-state index contributed by atoms with van der Waals surface area (Å²) in [5.41, 5.74) is 7.42. The Morgan fingerprint density at radius 3 is 2.36 bits per heavy atom. The largest absolute Gasteiger partial charge is 0.355 e. The fourth-order valence-corrected chi connectivity index (χ4v) is 4.84. The zero-order valence-corrected chi connectivity index (χ0v) is 17.2. The van der Waals surface area contributed by atoms with Crippen molar-refractivity contribution in [1.82, 2.24) is 9.62 Å². The van der Waals surface area contributed by atoms with Crippen molar-refractivity contribution < 1.29 is 13.2 Å². The molecule has 0 aromatic heterocycles. The highest BCUT2D eigenvalue weighted by Gasteiger charge is 2.33. The Hall–Kier alpha value is -1.93. The normalized spacial score (nSPS) is 17.5. The van der Waals surface area contributed by atoms with Crippen LogP contribution in [0.5, 0.6) is 0 Å². The second-order valence-corrected chi connectivity index (χ2v) is 8.61. The van der Waals surface area contributed by atoms with Crippen molar-refractivity contribution in [3.05, 3.63) is 54.6 Å². The minimum absolute atomic E-state index is 0. The summed E-state index contributed by atoms with van der Waals surface area (Å²) in [5, 5.41) is 2.75. The SMILES string of the molecule is Cl.NCCNC(=O)C1CCCN(S(=O)(=O)c2ccc(-c3ccccc3)cc2)C1. The van der Waals surface area contributed by atoms with Crippen LogP contribution in [-0.2, 0) is 14.8 Å². The van der Waals surface area contributed by atoms with E-state index in [-0.39, 0.29) is 35.7 Å². The molecule has 1 atom stereocenters. The average Bonchev–Trinajstić information content (AvgIpc) is 2.73. The number of halogens is 1. The highest BCUT2D eigenvalue weighted by Crippen LogP contribution is 2.26. The van der Waals surface area contributed by atoms with Gasteiger partial charge in [-0.05, 0) is 36.1 Å². The van der Waals surface area contributed by atoms with E-state index in [1.165, 1.54) is 4.31 Å². The summed E-state index contributed by atoms with van der Waals surface area (Å²) in [5.74, 6) is -0.455. The molecule has 0 spiro atoms. The lowest BCUT2D eigenvalue weighted by Crippen LogP contribution is -2.46. The summed E-state index contributed by atoms with van der Waals surface area (Å²) in [6.07, 6.45) is 1.36. The predicted molar refractivity (Wildman–Crippen MR) is 113 cm³/mol. The first-order valence-corrected chi connectivity index (χ1v) is 10.6. The van der Waals surface area contributed by atoms with Gasteiger partial charge >= 0.3 is 0 Å². The maximum Gasteiger partial charge on any atom is 0.243 e. The Balaban J connectivity index is 0.00000280. The minimum atomic E-state index is -3.62. The van der Waals surface area contributed by atoms with Crippen LogP contribution in [0.1, 0.15) is 12.8 Å². The second-order valence-electron chi connectivity index (χ2n) is 6.67. The average molecular weight is 424 g/mol. The minimum Gasteiger partial charge on any atom is -0.355 e. The van der Waals surface area contributed by atoms with Crippen LogP contribution in [0, 0.1) is 5.92 Å². The van der Waals surface area contributed by atoms with Gasteiger partial charge in [-0.15, -0.1) is 12.4 Å². The maximum atomic E-state index is 13.0. The van der Waals surface area contributed by atoms with E-state index in [2.05, 4.69) is 5.32 Å². The molecule has 0 bridgehead atoms. The van der Waals surface area contributed by atoms with Crippen molar-refractivity contribution in [2.24, 2.45) is 11.7 Å². The summed E-state index contributed by atoms with van der Waals surface area (Å²) in [4.78, 5) is 12.4. The number of hydrogen-bond donors (Lipinski definition) is 2. The van der Waals surface area contributed by atoms with Gasteiger partial charge in [0.2, 0.25) is 15.9 Å². The third kappa shape index (κ3) is 5.11. The van der Waals surface area contributed by atoms with Crippen LogP contribution in [-0.4, -0.2) is 44.8 Å². The molecule has 2 aromatic rings. The van der Waals surface area contributed by atoms with Crippen LogP contribution in [0.3, 0.4) is 0 Å². The molecule has 1 heterocycles. The lowest BCUT2D eigenvalue weighted by Gasteiger charge is -2.31. The van der Waals surface area contributed by atoms with E-state index < -0.39 is 10.0 Å². The molecule has 28 heavy (non-hydrogen) atoms. The van der Waals surface area contributed by atoms with Crippen molar-refractivity contribution in [3.8, 4) is 11.1 Å². The number of nitrogens with one attached hydrogen (secondary N) is 1. The van der Waals surface area contributed by atoms with E-state index in [1.54, 1.807) is 12.1 Å². The number of nitrogens with two attached hydrogens (primary N) is 1. The molecular weight excluding hydrogens is 398 g/mol. The monoisotopic (exact) mass is 423 g/mol. The van der Waals surface area contributed by atoms with Gasteiger partial charge in [-0.25, -0.2) is 8.42 Å². The van der Waals surface area contributed by atoms with Crippen LogP contribution < -0.4 is 11.1 Å². The molecule has 0 aliphatic carbocycles. The molecule has 8 heteroatoms. The molecule has 6 nitrogen and oxygen atoms in total. The second kappa shape index (κ2) is 10.0. The molecule has 1 unspecified atom stereocenters. The van der Waals surface area contributed by atoms with E-state index in [4.69, 9.17) is 5.73 Å². The number of nitrogens with zero attached hydrogens (tertiary/aromatic N) is 1. The molecule has 2 aromatic carbocycles. The molecule has 1 fully saturated rings. The van der Waals surface area contributed by atoms with E-state index in [9.17, 15) is 13.2 Å². The molecule has 1 amide bonds. The first-order valence-electron chi connectivity index (χ1n) is 9.16. The summed E-state index contributed by atoms with van der Waals surface area (Å²) in [6.45, 7) is 1.42. The highest BCUT2D eigenvalue weighted by molar-refractivity contribution is 7.89. The number of carbonyl (C=O) groups is 1. The van der Waals surface area contributed by atoms with Crippen molar-refractivity contribution in [3.63, 3.8) is 0 Å². The molecule has 0 radical (unpaired) electrons. The van der Waals surface area contributed by atoms with Crippen molar-refractivity contribution in [2.45, 2.75) is 17.7 Å². The van der Waals surface area contributed by atoms with Crippen LogP contribution in [0.4, 0.5) is 0 Å². The molecule has 3 rings (SSSR count). The molecule has 152 valence electrons. The standard InChI is InChI=1S/C20H25N3O3S.ClH/c21-12-13-22-20(24)18-7-4-14-23(15-18)27(25,26)19-10-8-17(9-11-19)16-5-2-1-3-6-16;/h1-3,5-6,8-11,18H,4,7,12-15,21H2,(H,22,24);1H. The predicted octanol–water partition coefficient (Wildman–Crippen LogP) is 2.25. The molecule has 1 aliphatic rings. The zero-order chi connectivity index (χ0) is 19.3. The molecule has 0 saturated carbocycles. The molecule has 1 aliphatic heterocycles. The van der Waals surface area contributed by atoms with Crippen LogP contribution in [0.2, 0.25) is 0 Å². The Kier molecular flexibility index (Phi) is 8.00. The first kappa shape index (κ1) is 22.4. The van der Waals surface area contributed by atoms with Crippen molar-refractivity contribution in [2.75, 3.05) is 26.2 Å².